The number of benzene rings is 1. The second kappa shape index (κ2) is 13.3. The predicted molar refractivity (Wildman–Crippen MR) is 146 cm³/mol. The number of nitrogens with one attached hydrogen (secondary N) is 1. The number of thiophene rings is 1. The third-order valence-electron chi connectivity index (χ3n) is 5.84. The Bertz CT molecular complexity index is 1320. The number of carbonyl (C=O) groups is 2. The Morgan fingerprint density at radius 2 is 1.97 bits per heavy atom. The smallest absolute Gasteiger partial charge is 0.246 e. The summed E-state index contributed by atoms with van der Waals surface area (Å²) >= 11 is 7.37. The zero-order valence-electron chi connectivity index (χ0n) is 21.6. The average Bonchev–Trinajstić information content (AvgIpc) is 3.51. The van der Waals surface area contributed by atoms with Crippen molar-refractivity contribution in [3.63, 3.8) is 0 Å². The number of aliphatic hydroxyl groups excluding tert-OH is 1. The summed E-state index contributed by atoms with van der Waals surface area (Å²) in [6.45, 7) is 3.14. The number of ether oxygens (including phenoxy) is 2. The molecule has 38 heavy (non-hydrogen) atoms. The number of anilines is 1. The molecular formula is C26H30ClN5O5S. The summed E-state index contributed by atoms with van der Waals surface area (Å²) in [5, 5.41) is 21.7. The van der Waals surface area contributed by atoms with Gasteiger partial charge in [-0.05, 0) is 50.1 Å². The van der Waals surface area contributed by atoms with Gasteiger partial charge in [-0.1, -0.05) is 17.7 Å². The molecule has 0 radical (unpaired) electrons. The van der Waals surface area contributed by atoms with Gasteiger partial charge in [-0.25, -0.2) is 4.98 Å². The molecule has 1 aromatic carbocycles. The van der Waals surface area contributed by atoms with Crippen LogP contribution in [0.25, 0.3) is 10.6 Å². The molecule has 0 bridgehead atoms. The normalized spacial score (nSPS) is 11.6. The molecule has 2 amide bonds. The number of carbonyl (C=O) groups excluding carboxylic acids is 2. The number of amides is 2. The molecule has 0 saturated heterocycles. The Hall–Kier alpha value is -3.59. The minimum atomic E-state index is -0.703. The number of hydrogen-bond acceptors (Lipinski definition) is 8. The number of halogens is 1. The molecule has 0 aliphatic heterocycles. The van der Waals surface area contributed by atoms with Crippen molar-refractivity contribution >= 4 is 40.7 Å². The van der Waals surface area contributed by atoms with E-state index in [2.05, 4.69) is 16.4 Å². The quantitative estimate of drug-likeness (QED) is 0.341. The van der Waals surface area contributed by atoms with Crippen molar-refractivity contribution in [3.05, 3.63) is 46.4 Å². The minimum Gasteiger partial charge on any atom is -0.493 e. The second-order valence-electron chi connectivity index (χ2n) is 8.63. The third-order valence-corrected chi connectivity index (χ3v) is 7.09. The fourth-order valence-corrected chi connectivity index (χ4v) is 4.95. The molecule has 12 heteroatoms. The van der Waals surface area contributed by atoms with Crippen molar-refractivity contribution in [1.29, 1.82) is 5.26 Å². The van der Waals surface area contributed by atoms with Gasteiger partial charge >= 0.3 is 0 Å². The summed E-state index contributed by atoms with van der Waals surface area (Å²) in [5.74, 6) is -0.316. The van der Waals surface area contributed by atoms with Gasteiger partial charge in [0, 0.05) is 18.8 Å². The minimum absolute atomic E-state index is 0.0214. The van der Waals surface area contributed by atoms with E-state index in [9.17, 15) is 20.0 Å². The van der Waals surface area contributed by atoms with Gasteiger partial charge in [0.1, 0.15) is 18.8 Å². The zero-order chi connectivity index (χ0) is 27.8. The van der Waals surface area contributed by atoms with E-state index in [4.69, 9.17) is 21.1 Å². The van der Waals surface area contributed by atoms with Gasteiger partial charge < -0.3 is 24.0 Å². The molecule has 0 fully saturated rings. The lowest BCUT2D eigenvalue weighted by Crippen LogP contribution is -2.45. The second-order valence-corrected chi connectivity index (χ2v) is 10.3. The van der Waals surface area contributed by atoms with Gasteiger partial charge in [-0.2, -0.15) is 5.26 Å². The summed E-state index contributed by atoms with van der Waals surface area (Å²) in [6, 6.07) is 10.4. The van der Waals surface area contributed by atoms with Gasteiger partial charge in [0.15, 0.2) is 11.5 Å². The van der Waals surface area contributed by atoms with E-state index in [0.29, 0.717) is 27.1 Å². The number of aliphatic hydroxyl groups is 1. The Balaban J connectivity index is 1.83. The van der Waals surface area contributed by atoms with Crippen molar-refractivity contribution < 1.29 is 24.2 Å². The highest BCUT2D eigenvalue weighted by Gasteiger charge is 2.30. The SMILES string of the molecule is COc1ccc(C(CCO)C(=O)N(CC(=O)Nc2nc(-c3ccc(Cl)s3)cn2CC#N)C(C)C)cc1OC. The first kappa shape index (κ1) is 29.0. The van der Waals surface area contributed by atoms with E-state index in [1.54, 1.807) is 30.5 Å². The number of hydrogen-bond donors (Lipinski definition) is 2. The number of nitriles is 1. The van der Waals surface area contributed by atoms with E-state index in [1.165, 1.54) is 35.0 Å². The van der Waals surface area contributed by atoms with Crippen LogP contribution >= 0.6 is 22.9 Å². The molecule has 2 heterocycles. The van der Waals surface area contributed by atoms with Crippen molar-refractivity contribution in [1.82, 2.24) is 14.5 Å². The molecule has 3 aromatic rings. The zero-order valence-corrected chi connectivity index (χ0v) is 23.2. The van der Waals surface area contributed by atoms with Crippen LogP contribution in [0.1, 0.15) is 31.7 Å². The van der Waals surface area contributed by atoms with Gasteiger partial charge in [-0.15, -0.1) is 11.3 Å². The highest BCUT2D eigenvalue weighted by atomic mass is 35.5. The number of methoxy groups -OCH3 is 2. The maximum Gasteiger partial charge on any atom is 0.246 e. The van der Waals surface area contributed by atoms with Crippen LogP contribution in [-0.2, 0) is 16.1 Å². The largest absolute Gasteiger partial charge is 0.493 e. The van der Waals surface area contributed by atoms with Crippen molar-refractivity contribution in [2.75, 3.05) is 32.7 Å². The highest BCUT2D eigenvalue weighted by Crippen LogP contribution is 2.33. The van der Waals surface area contributed by atoms with Crippen molar-refractivity contribution in [3.8, 4) is 28.1 Å². The lowest BCUT2D eigenvalue weighted by Gasteiger charge is -2.30. The van der Waals surface area contributed by atoms with Crippen LogP contribution in [-0.4, -0.2) is 64.8 Å². The number of rotatable bonds is 12. The molecule has 2 N–H and O–H groups in total. The molecular weight excluding hydrogens is 530 g/mol. The van der Waals surface area contributed by atoms with Crippen LogP contribution < -0.4 is 14.8 Å². The molecule has 202 valence electrons. The first-order chi connectivity index (χ1) is 18.2. The molecule has 1 atom stereocenters. The summed E-state index contributed by atoms with van der Waals surface area (Å²) < 4.78 is 12.8. The lowest BCUT2D eigenvalue weighted by molar-refractivity contribution is -0.138. The van der Waals surface area contributed by atoms with E-state index >= 15 is 0 Å². The first-order valence-corrected chi connectivity index (χ1v) is 13.0. The van der Waals surface area contributed by atoms with Crippen LogP contribution in [0.5, 0.6) is 11.5 Å². The van der Waals surface area contributed by atoms with Crippen molar-refractivity contribution in [2.24, 2.45) is 0 Å². The van der Waals surface area contributed by atoms with E-state index in [0.717, 1.165) is 4.88 Å². The Labute approximate surface area is 230 Å². The fraction of sp³-hybridized carbons (Fsp3) is 0.385. The summed E-state index contributed by atoms with van der Waals surface area (Å²) in [6.07, 6.45) is 1.83. The highest BCUT2D eigenvalue weighted by molar-refractivity contribution is 7.19. The molecule has 3 rings (SSSR count). The van der Waals surface area contributed by atoms with Gasteiger partial charge in [0.05, 0.1) is 35.4 Å². The standard InChI is InChI=1S/C26H30ClN5O5S/c1-16(2)32(25(35)18(9-12-33)17-5-6-20(36-3)21(13-17)37-4)15-24(34)30-26-29-19(14-31(26)11-10-28)22-7-8-23(27)38-22/h5-8,13-14,16,18,33H,9,11-12,15H2,1-4H3,(H,29,30,34). The molecule has 2 aromatic heterocycles. The molecule has 10 nitrogen and oxygen atoms in total. The molecule has 0 aliphatic carbocycles. The maximum atomic E-state index is 13.7. The number of aromatic nitrogens is 2. The molecule has 0 spiro atoms. The van der Waals surface area contributed by atoms with Gasteiger partial charge in [0.2, 0.25) is 17.8 Å². The summed E-state index contributed by atoms with van der Waals surface area (Å²) in [7, 11) is 3.03. The fourth-order valence-electron chi connectivity index (χ4n) is 3.95. The maximum absolute atomic E-state index is 13.7. The van der Waals surface area contributed by atoms with Crippen molar-refractivity contribution in [2.45, 2.75) is 38.8 Å². The van der Waals surface area contributed by atoms with Crippen LogP contribution in [0, 0.1) is 11.3 Å². The number of imidazole rings is 1. The predicted octanol–water partition coefficient (Wildman–Crippen LogP) is 4.15. The van der Waals surface area contributed by atoms with Crippen LogP contribution in [0.15, 0.2) is 36.5 Å². The lowest BCUT2D eigenvalue weighted by atomic mass is 9.93. The number of nitrogens with zero attached hydrogens (tertiary/aromatic N) is 4. The van der Waals surface area contributed by atoms with Crippen LogP contribution in [0.4, 0.5) is 5.95 Å². The molecule has 0 saturated carbocycles. The molecule has 1 unspecified atom stereocenters. The van der Waals surface area contributed by atoms with Crippen LogP contribution in [0.3, 0.4) is 0 Å². The Kier molecular flexibility index (Phi) is 10.1. The van der Waals surface area contributed by atoms with E-state index < -0.39 is 11.8 Å². The van der Waals surface area contributed by atoms with E-state index in [-0.39, 0.29) is 44.0 Å². The molecule has 0 aliphatic rings. The van der Waals surface area contributed by atoms with Gasteiger partial charge in [0.25, 0.3) is 0 Å². The first-order valence-electron chi connectivity index (χ1n) is 11.8. The summed E-state index contributed by atoms with van der Waals surface area (Å²) in [5.41, 5.74) is 1.21. The average molecular weight is 560 g/mol. The summed E-state index contributed by atoms with van der Waals surface area (Å²) in [4.78, 5) is 33.5. The topological polar surface area (TPSA) is 130 Å². The van der Waals surface area contributed by atoms with Gasteiger partial charge in [-0.3, -0.25) is 14.9 Å². The monoisotopic (exact) mass is 559 g/mol. The van der Waals surface area contributed by atoms with Crippen LogP contribution in [0.2, 0.25) is 4.34 Å². The third kappa shape index (κ3) is 6.83. The Morgan fingerprint density at radius 3 is 2.55 bits per heavy atom. The Morgan fingerprint density at radius 1 is 1.24 bits per heavy atom. The van der Waals surface area contributed by atoms with E-state index in [1.807, 2.05) is 19.9 Å².